The van der Waals surface area contributed by atoms with Crippen LogP contribution in [-0.2, 0) is 10.0 Å². The van der Waals surface area contributed by atoms with Crippen molar-refractivity contribution in [3.8, 4) is 0 Å². The molecule has 0 amide bonds. The summed E-state index contributed by atoms with van der Waals surface area (Å²) in [4.78, 5) is 1.62. The van der Waals surface area contributed by atoms with E-state index >= 15 is 0 Å². The van der Waals surface area contributed by atoms with E-state index in [1.54, 1.807) is 19.0 Å². The van der Waals surface area contributed by atoms with Crippen LogP contribution in [0.4, 0.5) is 0 Å². The Labute approximate surface area is 119 Å². The third kappa shape index (κ3) is 9.82. The van der Waals surface area contributed by atoms with Gasteiger partial charge in [0.1, 0.15) is 6.34 Å². The van der Waals surface area contributed by atoms with Gasteiger partial charge in [-0.1, -0.05) is 36.4 Å². The molecular formula is C11H23IN2O2S. The quantitative estimate of drug-likeness (QED) is 0.284. The third-order valence-electron chi connectivity index (χ3n) is 2.47. The molecule has 0 N–H and O–H groups in total. The van der Waals surface area contributed by atoms with Crippen LogP contribution in [0.2, 0.25) is 0 Å². The fourth-order valence-electron chi connectivity index (χ4n) is 1.33. The van der Waals surface area contributed by atoms with Crippen LogP contribution in [0.3, 0.4) is 0 Å². The Kier molecular flexibility index (Phi) is 7.62. The second-order valence-electron chi connectivity index (χ2n) is 5.18. The summed E-state index contributed by atoms with van der Waals surface area (Å²) < 4.78 is 27.8. The second-order valence-corrected chi connectivity index (χ2v) is 8.04. The Bertz CT molecular complexity index is 337. The minimum atomic E-state index is -3.29. The highest BCUT2D eigenvalue weighted by molar-refractivity contribution is 14.1. The van der Waals surface area contributed by atoms with Crippen molar-refractivity contribution in [1.29, 1.82) is 0 Å². The van der Waals surface area contributed by atoms with Crippen LogP contribution in [0, 0.1) is 5.41 Å². The fraction of sp³-hybridized carbons (Fsp3) is 0.909. The van der Waals surface area contributed by atoms with Crippen molar-refractivity contribution < 1.29 is 8.42 Å². The van der Waals surface area contributed by atoms with Gasteiger partial charge in [0.15, 0.2) is 0 Å². The van der Waals surface area contributed by atoms with Gasteiger partial charge in [0.25, 0.3) is 10.0 Å². The molecule has 0 rings (SSSR count). The monoisotopic (exact) mass is 374 g/mol. The molecule has 0 fully saturated rings. The van der Waals surface area contributed by atoms with Gasteiger partial charge in [-0.3, -0.25) is 0 Å². The number of halogens is 1. The number of hydrogen-bond donors (Lipinski definition) is 0. The molecule has 0 saturated carbocycles. The molecule has 6 heteroatoms. The molecule has 0 radical (unpaired) electrons. The van der Waals surface area contributed by atoms with Crippen LogP contribution < -0.4 is 0 Å². The van der Waals surface area contributed by atoms with Crippen molar-refractivity contribution >= 4 is 39.0 Å². The van der Waals surface area contributed by atoms with Crippen LogP contribution in [0.5, 0.6) is 0 Å². The van der Waals surface area contributed by atoms with E-state index in [0.717, 1.165) is 17.3 Å². The molecule has 0 aromatic rings. The van der Waals surface area contributed by atoms with Gasteiger partial charge in [-0.25, -0.2) is 8.42 Å². The maximum absolute atomic E-state index is 11.6. The van der Waals surface area contributed by atoms with E-state index in [1.807, 2.05) is 0 Å². The van der Waals surface area contributed by atoms with E-state index in [9.17, 15) is 8.42 Å². The first-order valence-electron chi connectivity index (χ1n) is 5.69. The average Bonchev–Trinajstić information content (AvgIpc) is 2.14. The Balaban J connectivity index is 4.12. The van der Waals surface area contributed by atoms with Gasteiger partial charge in [0.2, 0.25) is 0 Å². The molecule has 0 atom stereocenters. The topological polar surface area (TPSA) is 49.7 Å². The molecule has 0 saturated heterocycles. The molecule has 0 heterocycles. The van der Waals surface area contributed by atoms with E-state index in [4.69, 9.17) is 0 Å². The molecule has 17 heavy (non-hydrogen) atoms. The lowest BCUT2D eigenvalue weighted by molar-refractivity contribution is 0.324. The summed E-state index contributed by atoms with van der Waals surface area (Å²) >= 11 is 2.35. The Morgan fingerprint density at radius 3 is 2.35 bits per heavy atom. The maximum Gasteiger partial charge on any atom is 0.254 e. The van der Waals surface area contributed by atoms with E-state index in [0.29, 0.717) is 6.42 Å². The fourth-order valence-corrected chi connectivity index (χ4v) is 3.74. The SMILES string of the molecule is CN(C)C=NS(=O)(=O)CCCC(C)(C)CCI. The van der Waals surface area contributed by atoms with Crippen molar-refractivity contribution in [3.63, 3.8) is 0 Å². The molecule has 0 aliphatic rings. The van der Waals surface area contributed by atoms with Crippen LogP contribution in [0.1, 0.15) is 33.1 Å². The molecule has 0 unspecified atom stereocenters. The maximum atomic E-state index is 11.6. The summed E-state index contributed by atoms with van der Waals surface area (Å²) in [7, 11) is 0.217. The lowest BCUT2D eigenvalue weighted by Crippen LogP contribution is -2.15. The van der Waals surface area contributed by atoms with E-state index in [1.165, 1.54) is 6.34 Å². The summed E-state index contributed by atoms with van der Waals surface area (Å²) in [6, 6.07) is 0. The summed E-state index contributed by atoms with van der Waals surface area (Å²) in [6.45, 7) is 4.36. The van der Waals surface area contributed by atoms with Crippen molar-refractivity contribution in [2.24, 2.45) is 9.81 Å². The van der Waals surface area contributed by atoms with Gasteiger partial charge in [0, 0.05) is 18.5 Å². The highest BCUT2D eigenvalue weighted by Gasteiger charge is 2.18. The lowest BCUT2D eigenvalue weighted by atomic mass is 9.85. The van der Waals surface area contributed by atoms with Gasteiger partial charge in [0.05, 0.1) is 5.75 Å². The van der Waals surface area contributed by atoms with E-state index in [-0.39, 0.29) is 11.2 Å². The molecule has 0 aliphatic heterocycles. The minimum Gasteiger partial charge on any atom is -0.368 e. The predicted molar refractivity (Wildman–Crippen MR) is 82.5 cm³/mol. The van der Waals surface area contributed by atoms with Gasteiger partial charge in [-0.2, -0.15) is 4.40 Å². The average molecular weight is 374 g/mol. The van der Waals surface area contributed by atoms with Crippen LogP contribution in [-0.4, -0.2) is 43.9 Å². The normalized spacial score (nSPS) is 13.2. The smallest absolute Gasteiger partial charge is 0.254 e. The van der Waals surface area contributed by atoms with Gasteiger partial charge in [-0.15, -0.1) is 0 Å². The molecule has 102 valence electrons. The highest BCUT2D eigenvalue weighted by Crippen LogP contribution is 2.27. The first kappa shape index (κ1) is 17.2. The second kappa shape index (κ2) is 7.56. The summed E-state index contributed by atoms with van der Waals surface area (Å²) in [6.07, 6.45) is 4.06. The third-order valence-corrected chi connectivity index (χ3v) is 4.23. The largest absolute Gasteiger partial charge is 0.368 e. The lowest BCUT2D eigenvalue weighted by Gasteiger charge is -2.22. The molecule has 0 aromatic carbocycles. The molecular weight excluding hydrogens is 351 g/mol. The van der Waals surface area contributed by atoms with Gasteiger partial charge in [-0.05, 0) is 24.7 Å². The molecule has 0 spiro atoms. The summed E-state index contributed by atoms with van der Waals surface area (Å²) in [5.41, 5.74) is 0.224. The number of alkyl halides is 1. The zero-order valence-electron chi connectivity index (χ0n) is 11.1. The van der Waals surface area contributed by atoms with Crippen molar-refractivity contribution in [1.82, 2.24) is 4.90 Å². The van der Waals surface area contributed by atoms with Crippen LogP contribution >= 0.6 is 22.6 Å². The number of hydrogen-bond acceptors (Lipinski definition) is 2. The zero-order valence-corrected chi connectivity index (χ0v) is 14.1. The number of rotatable bonds is 8. The molecule has 0 aromatic heterocycles. The van der Waals surface area contributed by atoms with E-state index < -0.39 is 10.0 Å². The van der Waals surface area contributed by atoms with Crippen molar-refractivity contribution in [2.75, 3.05) is 24.3 Å². The minimum absolute atomic E-state index is 0.141. The molecule has 0 bridgehead atoms. The van der Waals surface area contributed by atoms with Gasteiger partial charge < -0.3 is 4.90 Å². The molecule has 4 nitrogen and oxygen atoms in total. The Morgan fingerprint density at radius 2 is 1.88 bits per heavy atom. The van der Waals surface area contributed by atoms with E-state index in [2.05, 4.69) is 40.8 Å². The van der Waals surface area contributed by atoms with Gasteiger partial charge >= 0.3 is 0 Å². The highest BCUT2D eigenvalue weighted by atomic mass is 127. The summed E-state index contributed by atoms with van der Waals surface area (Å²) in [5.74, 6) is 0.141. The number of nitrogens with zero attached hydrogens (tertiary/aromatic N) is 2. The Morgan fingerprint density at radius 1 is 1.29 bits per heavy atom. The first-order chi connectivity index (χ1) is 7.68. The zero-order chi connectivity index (χ0) is 13.5. The molecule has 0 aliphatic carbocycles. The first-order valence-corrected chi connectivity index (χ1v) is 8.82. The van der Waals surface area contributed by atoms with Crippen molar-refractivity contribution in [2.45, 2.75) is 33.1 Å². The van der Waals surface area contributed by atoms with Crippen molar-refractivity contribution in [3.05, 3.63) is 0 Å². The standard InChI is InChI=1S/C11H23IN2O2S/c1-11(2,7-8-12)6-5-9-17(15,16)13-10-14(3)4/h10H,5-9H2,1-4H3. The Hall–Kier alpha value is 0.150. The predicted octanol–water partition coefficient (Wildman–Crippen LogP) is 2.54. The number of sulfonamides is 1. The summed E-state index contributed by atoms with van der Waals surface area (Å²) in [5, 5.41) is 0. The van der Waals surface area contributed by atoms with Crippen LogP contribution in [0.25, 0.3) is 0 Å². The van der Waals surface area contributed by atoms with Crippen LogP contribution in [0.15, 0.2) is 4.40 Å².